The van der Waals surface area contributed by atoms with Crippen LogP contribution in [0.4, 0.5) is 8.78 Å². The summed E-state index contributed by atoms with van der Waals surface area (Å²) < 4.78 is 43.0. The van der Waals surface area contributed by atoms with Crippen LogP contribution in [0.5, 0.6) is 11.5 Å². The van der Waals surface area contributed by atoms with Gasteiger partial charge in [0.15, 0.2) is 0 Å². The molecule has 2 atom stereocenters. The van der Waals surface area contributed by atoms with Crippen LogP contribution >= 0.6 is 0 Å². The van der Waals surface area contributed by atoms with Crippen molar-refractivity contribution in [1.82, 2.24) is 50.2 Å². The molecule has 18 nitrogen and oxygen atoms in total. The van der Waals surface area contributed by atoms with E-state index in [0.29, 0.717) is 149 Å². The fraction of sp³-hybridized carbons (Fsp3) is 0.516. The van der Waals surface area contributed by atoms with Crippen LogP contribution in [0.15, 0.2) is 83.7 Å². The molecule has 0 radical (unpaired) electrons. The Labute approximate surface area is 490 Å². The Kier molecular flexibility index (Phi) is 20.0. The van der Waals surface area contributed by atoms with E-state index in [9.17, 15) is 28.8 Å². The summed E-state index contributed by atoms with van der Waals surface area (Å²) in [5.41, 5.74) is 2.19. The molecule has 448 valence electrons. The van der Waals surface area contributed by atoms with Gasteiger partial charge in [0.2, 0.25) is 17.7 Å². The molecular formula is C64H80F2N10O8. The molecule has 4 aromatic carbocycles. The molecule has 5 fully saturated rings. The van der Waals surface area contributed by atoms with E-state index in [1.807, 2.05) is 42.2 Å². The van der Waals surface area contributed by atoms with Crippen molar-refractivity contribution in [3.63, 3.8) is 0 Å². The first kappa shape index (κ1) is 59.9. The molecule has 5 heterocycles. The summed E-state index contributed by atoms with van der Waals surface area (Å²) in [5.74, 6) is -0.944. The summed E-state index contributed by atoms with van der Waals surface area (Å²) in [7, 11) is 1.60. The second kappa shape index (κ2) is 28.1. The molecule has 5 amide bonds. The molecule has 20 heteroatoms. The van der Waals surface area contributed by atoms with Crippen LogP contribution in [-0.4, -0.2) is 187 Å². The van der Waals surface area contributed by atoms with Crippen molar-refractivity contribution in [2.75, 3.05) is 112 Å². The molecule has 1 unspecified atom stereocenters. The Hall–Kier alpha value is -7.29. The van der Waals surface area contributed by atoms with Gasteiger partial charge < -0.3 is 39.7 Å². The Morgan fingerprint density at radius 3 is 2.20 bits per heavy atom. The third-order valence-electron chi connectivity index (χ3n) is 17.9. The summed E-state index contributed by atoms with van der Waals surface area (Å²) in [6.45, 7) is 10.4. The molecule has 4 saturated heterocycles. The van der Waals surface area contributed by atoms with Gasteiger partial charge in [-0.1, -0.05) is 61.7 Å². The Bertz CT molecular complexity index is 3200. The molecule has 1 aliphatic carbocycles. The third kappa shape index (κ3) is 14.4. The fourth-order valence-corrected chi connectivity index (χ4v) is 13.1. The van der Waals surface area contributed by atoms with Crippen molar-refractivity contribution >= 4 is 40.3 Å². The van der Waals surface area contributed by atoms with Crippen LogP contribution < -0.4 is 25.7 Å². The van der Waals surface area contributed by atoms with Crippen LogP contribution in [-0.2, 0) is 27.3 Å². The topological polar surface area (TPSA) is 193 Å². The number of nitrogens with one attached hydrogen (secondary N) is 3. The van der Waals surface area contributed by atoms with E-state index in [2.05, 4.69) is 30.6 Å². The number of rotatable bonds is 19. The van der Waals surface area contributed by atoms with Crippen LogP contribution in [0.2, 0.25) is 0 Å². The molecular weight excluding hydrogens is 1070 g/mol. The minimum Gasteiger partial charge on any atom is -0.497 e. The largest absolute Gasteiger partial charge is 0.497 e. The lowest BCUT2D eigenvalue weighted by Crippen LogP contribution is -2.57. The van der Waals surface area contributed by atoms with E-state index < -0.39 is 29.5 Å². The number of ether oxygens (including phenoxy) is 2. The number of fused-ring (bicyclic) bond motifs is 1. The highest BCUT2D eigenvalue weighted by molar-refractivity contribution is 5.98. The highest BCUT2D eigenvalue weighted by Crippen LogP contribution is 2.33. The van der Waals surface area contributed by atoms with E-state index in [1.165, 1.54) is 12.1 Å². The summed E-state index contributed by atoms with van der Waals surface area (Å²) in [5, 5.41) is 14.3. The van der Waals surface area contributed by atoms with Crippen molar-refractivity contribution in [2.45, 2.75) is 89.6 Å². The van der Waals surface area contributed by atoms with Crippen molar-refractivity contribution < 1.29 is 42.2 Å². The maximum Gasteiger partial charge on any atom is 0.272 e. The average molecular weight is 1160 g/mol. The van der Waals surface area contributed by atoms with E-state index in [1.54, 1.807) is 58.2 Å². The fourth-order valence-electron chi connectivity index (χ4n) is 13.1. The van der Waals surface area contributed by atoms with Gasteiger partial charge >= 0.3 is 0 Å². The molecule has 5 aromatic rings. The number of amides is 5. The monoisotopic (exact) mass is 1150 g/mol. The van der Waals surface area contributed by atoms with Gasteiger partial charge in [0.1, 0.15) is 29.2 Å². The third-order valence-corrected chi connectivity index (χ3v) is 17.9. The lowest BCUT2D eigenvalue weighted by atomic mass is 9.83. The lowest BCUT2D eigenvalue weighted by molar-refractivity contribution is -0.137. The van der Waals surface area contributed by atoms with E-state index in [-0.39, 0.29) is 52.8 Å². The number of carbonyl (C=O) groups excluding carboxylic acids is 5. The molecule has 1 saturated carbocycles. The number of nitrogens with zero attached hydrogens (tertiary/aromatic N) is 7. The predicted molar refractivity (Wildman–Crippen MR) is 315 cm³/mol. The Morgan fingerprint density at radius 1 is 0.714 bits per heavy atom. The molecule has 1 aromatic heterocycles. The van der Waals surface area contributed by atoms with Gasteiger partial charge in [-0.3, -0.25) is 38.6 Å². The number of methoxy groups -OCH3 is 1. The van der Waals surface area contributed by atoms with Gasteiger partial charge in [0, 0.05) is 108 Å². The Morgan fingerprint density at radius 2 is 1.45 bits per heavy atom. The van der Waals surface area contributed by atoms with Gasteiger partial charge in [-0.05, 0) is 112 Å². The first-order valence-electron chi connectivity index (χ1n) is 30.3. The summed E-state index contributed by atoms with van der Waals surface area (Å²) in [4.78, 5) is 93.3. The number of benzene rings is 4. The number of H-pyrrole nitrogens is 1. The van der Waals surface area contributed by atoms with E-state index in [0.717, 1.165) is 70.1 Å². The zero-order valence-electron chi connectivity index (χ0n) is 48.6. The van der Waals surface area contributed by atoms with Gasteiger partial charge in [0.05, 0.1) is 49.0 Å². The summed E-state index contributed by atoms with van der Waals surface area (Å²) in [6.07, 6.45) is 8.20. The Balaban J connectivity index is 0.659. The smallest absolute Gasteiger partial charge is 0.272 e. The van der Waals surface area contributed by atoms with Crippen molar-refractivity contribution in [3.05, 3.63) is 134 Å². The normalized spacial score (nSPS) is 19.1. The van der Waals surface area contributed by atoms with Crippen LogP contribution in [0.3, 0.4) is 0 Å². The minimum atomic E-state index is -0.766. The molecule has 0 bridgehead atoms. The first-order chi connectivity index (χ1) is 40.8. The number of aromatic nitrogens is 2. The average Bonchev–Trinajstić information content (AvgIpc) is 3.68. The molecule has 0 spiro atoms. The number of hydrogen-bond acceptors (Lipinski definition) is 12. The quantitative estimate of drug-likeness (QED) is 0.0848. The van der Waals surface area contributed by atoms with Gasteiger partial charge in [0.25, 0.3) is 17.4 Å². The number of likely N-dealkylation sites (tertiary alicyclic amines) is 2. The number of piperazine rings is 2. The highest BCUT2D eigenvalue weighted by Gasteiger charge is 2.37. The molecule has 10 rings (SSSR count). The maximum absolute atomic E-state index is 16.6. The van der Waals surface area contributed by atoms with Gasteiger partial charge in [-0.15, -0.1) is 0 Å². The van der Waals surface area contributed by atoms with Crippen LogP contribution in [0.1, 0.15) is 114 Å². The number of hydrogen-bond donors (Lipinski definition) is 3. The number of aromatic amines is 1. The van der Waals surface area contributed by atoms with Crippen molar-refractivity contribution in [3.8, 4) is 11.5 Å². The zero-order chi connectivity index (χ0) is 58.7. The van der Waals surface area contributed by atoms with Crippen molar-refractivity contribution in [2.24, 2.45) is 11.8 Å². The molecule has 3 N–H and O–H groups in total. The predicted octanol–water partition coefficient (Wildman–Crippen LogP) is 6.21. The summed E-state index contributed by atoms with van der Waals surface area (Å²) >= 11 is 0. The molecule has 4 aliphatic heterocycles. The standard InChI is InChI=1S/C64H80F2N10O8/c1-3-84-56-37-48(83-2)20-19-46(56)38-67-39-57(77)76-24-10-13-47(41-76)49-16-9-17-52(59(49)66)61(79)68-60(45-11-5-4-6-12-45)64(82)75-29-27-72(28-30-75)40-43-22-25-71(26-23-43)42-58(78)73-31-33-74(34-32-73)63(81)53-35-44(18-21-54(53)65)36-55-50-14-7-8-15-51(50)62(80)70-69-55/h7-9,14-21,35,37,43,45,47,60,67H,3-6,10-13,22-34,36,38-42H2,1-2H3,(H,68,79)(H,70,80)/t47?,60-/m1/s1. The van der Waals surface area contributed by atoms with Crippen LogP contribution in [0, 0.1) is 23.5 Å². The zero-order valence-corrected chi connectivity index (χ0v) is 48.6. The van der Waals surface area contributed by atoms with Gasteiger partial charge in [-0.25, -0.2) is 13.9 Å². The number of piperidine rings is 2. The van der Waals surface area contributed by atoms with Gasteiger partial charge in [-0.2, -0.15) is 5.10 Å². The summed E-state index contributed by atoms with van der Waals surface area (Å²) in [6, 6.07) is 21.3. The minimum absolute atomic E-state index is 0.0150. The van der Waals surface area contributed by atoms with E-state index in [4.69, 9.17) is 9.47 Å². The SMILES string of the molecule is CCOc1cc(OC)ccc1CNCC(=O)N1CCCC(c2cccc(C(=O)N[C@@H](C(=O)N3CCN(CC4CCN(CC(=O)N5CCN(C(=O)c6cc(Cc7n[nH]c(=O)c8ccccc78)ccc6F)CC5)CC4)CC3)C3CCCCC3)c2F)C1. The maximum atomic E-state index is 16.6. The first-order valence-corrected chi connectivity index (χ1v) is 30.3. The second-order valence-electron chi connectivity index (χ2n) is 23.3. The van der Waals surface area contributed by atoms with E-state index >= 15 is 8.78 Å². The second-order valence-corrected chi connectivity index (χ2v) is 23.3. The highest BCUT2D eigenvalue weighted by atomic mass is 19.1. The lowest BCUT2D eigenvalue weighted by Gasteiger charge is -2.41. The molecule has 84 heavy (non-hydrogen) atoms. The van der Waals surface area contributed by atoms with Crippen molar-refractivity contribution in [1.29, 1.82) is 0 Å². The molecule has 5 aliphatic rings. The number of halogens is 2. The van der Waals surface area contributed by atoms with Crippen LogP contribution in [0.25, 0.3) is 10.8 Å². The number of carbonyl (C=O) groups is 5.